The summed E-state index contributed by atoms with van der Waals surface area (Å²) in [5.74, 6) is 8.95. The maximum Gasteiger partial charge on any atom is 0.233 e. The lowest BCUT2D eigenvalue weighted by Gasteiger charge is -2.34. The molecular formula is C20H29N5O2S. The quantitative estimate of drug-likeness (QED) is 0.590. The van der Waals surface area contributed by atoms with Crippen LogP contribution in [0.4, 0.5) is 0 Å². The number of aromatic nitrogens is 3. The van der Waals surface area contributed by atoms with Crippen molar-refractivity contribution in [2.24, 2.45) is 11.8 Å². The molecule has 0 bridgehead atoms. The van der Waals surface area contributed by atoms with Gasteiger partial charge in [0.25, 0.3) is 0 Å². The Morgan fingerprint density at radius 3 is 2.64 bits per heavy atom. The van der Waals surface area contributed by atoms with E-state index in [9.17, 15) is 4.79 Å². The fourth-order valence-corrected chi connectivity index (χ4v) is 4.47. The Morgan fingerprint density at radius 1 is 1.25 bits per heavy atom. The van der Waals surface area contributed by atoms with Crippen molar-refractivity contribution in [3.8, 4) is 5.75 Å². The molecule has 1 aromatic heterocycles. The molecular weight excluding hydrogens is 374 g/mol. The molecule has 1 aliphatic heterocycles. The standard InChI is InChI=1S/C20H29N5O2S/c1-13-5-6-17(16(4)8-13)27-11-18-22-23-20(25(18)21)28-12-19(26)24-9-14(2)7-15(3)10-24/h5-6,8,14-15H,7,9-12,21H2,1-4H3/t14-,15-/m0/s1. The summed E-state index contributed by atoms with van der Waals surface area (Å²) in [6, 6.07) is 6.01. The smallest absolute Gasteiger partial charge is 0.233 e. The van der Waals surface area contributed by atoms with Gasteiger partial charge in [0.2, 0.25) is 11.1 Å². The largest absolute Gasteiger partial charge is 0.485 e. The van der Waals surface area contributed by atoms with E-state index < -0.39 is 0 Å². The highest BCUT2D eigenvalue weighted by Crippen LogP contribution is 2.23. The van der Waals surface area contributed by atoms with Gasteiger partial charge < -0.3 is 15.5 Å². The molecule has 0 saturated carbocycles. The van der Waals surface area contributed by atoms with Crippen LogP contribution in [0.15, 0.2) is 23.4 Å². The van der Waals surface area contributed by atoms with Crippen LogP contribution in [0.3, 0.4) is 0 Å². The van der Waals surface area contributed by atoms with Gasteiger partial charge >= 0.3 is 0 Å². The zero-order valence-corrected chi connectivity index (χ0v) is 17.8. The number of aryl methyl sites for hydroxylation is 2. The van der Waals surface area contributed by atoms with E-state index >= 15 is 0 Å². The second kappa shape index (κ2) is 8.86. The molecule has 1 saturated heterocycles. The number of piperidine rings is 1. The predicted octanol–water partition coefficient (Wildman–Crippen LogP) is 2.78. The second-order valence-electron chi connectivity index (χ2n) is 7.86. The van der Waals surface area contributed by atoms with Gasteiger partial charge in [0.1, 0.15) is 12.4 Å². The topological polar surface area (TPSA) is 86.3 Å². The molecule has 0 unspecified atom stereocenters. The van der Waals surface area contributed by atoms with Crippen LogP contribution < -0.4 is 10.6 Å². The summed E-state index contributed by atoms with van der Waals surface area (Å²) in [6.45, 7) is 10.3. The Morgan fingerprint density at radius 2 is 1.96 bits per heavy atom. The van der Waals surface area contributed by atoms with Crippen LogP contribution in [0, 0.1) is 25.7 Å². The zero-order chi connectivity index (χ0) is 20.3. The van der Waals surface area contributed by atoms with Gasteiger partial charge in [-0.05, 0) is 43.7 Å². The minimum absolute atomic E-state index is 0.125. The van der Waals surface area contributed by atoms with Crippen LogP contribution >= 0.6 is 11.8 Å². The molecule has 2 heterocycles. The van der Waals surface area contributed by atoms with Crippen molar-refractivity contribution in [1.82, 2.24) is 19.8 Å². The van der Waals surface area contributed by atoms with Crippen molar-refractivity contribution in [3.05, 3.63) is 35.2 Å². The summed E-state index contributed by atoms with van der Waals surface area (Å²) in [6.07, 6.45) is 1.18. The number of hydrogen-bond donors (Lipinski definition) is 1. The van der Waals surface area contributed by atoms with E-state index in [-0.39, 0.29) is 12.5 Å². The van der Waals surface area contributed by atoms with Crippen LogP contribution in [0.5, 0.6) is 5.75 Å². The fourth-order valence-electron chi connectivity index (χ4n) is 3.69. The number of rotatable bonds is 6. The molecule has 0 spiro atoms. The van der Waals surface area contributed by atoms with Crippen LogP contribution in [0.2, 0.25) is 0 Å². The molecule has 1 aromatic carbocycles. The summed E-state index contributed by atoms with van der Waals surface area (Å²) in [7, 11) is 0. The zero-order valence-electron chi connectivity index (χ0n) is 17.0. The van der Waals surface area contributed by atoms with E-state index in [0.29, 0.717) is 28.6 Å². The number of benzene rings is 1. The van der Waals surface area contributed by atoms with Crippen molar-refractivity contribution in [3.63, 3.8) is 0 Å². The van der Waals surface area contributed by atoms with Crippen LogP contribution in [-0.2, 0) is 11.4 Å². The molecule has 0 radical (unpaired) electrons. The average Bonchev–Trinajstić information content (AvgIpc) is 2.98. The highest BCUT2D eigenvalue weighted by atomic mass is 32.2. The first-order chi connectivity index (χ1) is 13.3. The molecule has 7 nitrogen and oxygen atoms in total. The summed E-state index contributed by atoms with van der Waals surface area (Å²) in [5, 5.41) is 8.74. The number of nitrogen functional groups attached to an aromatic ring is 1. The number of nitrogens with zero attached hydrogens (tertiary/aromatic N) is 4. The minimum Gasteiger partial charge on any atom is -0.485 e. The van der Waals surface area contributed by atoms with Crippen LogP contribution in [0.1, 0.15) is 37.2 Å². The van der Waals surface area contributed by atoms with E-state index in [4.69, 9.17) is 10.6 Å². The number of ether oxygens (including phenoxy) is 1. The Balaban J connectivity index is 1.55. The van der Waals surface area contributed by atoms with Crippen molar-refractivity contribution >= 4 is 17.7 Å². The first-order valence-electron chi connectivity index (χ1n) is 9.63. The molecule has 28 heavy (non-hydrogen) atoms. The first-order valence-corrected chi connectivity index (χ1v) is 10.6. The van der Waals surface area contributed by atoms with Crippen LogP contribution in [-0.4, -0.2) is 44.5 Å². The van der Waals surface area contributed by atoms with Crippen molar-refractivity contribution in [1.29, 1.82) is 0 Å². The number of thioether (sulfide) groups is 1. The molecule has 3 rings (SSSR count). The molecule has 0 aliphatic carbocycles. The molecule has 2 N–H and O–H groups in total. The number of carbonyl (C=O) groups excluding carboxylic acids is 1. The van der Waals surface area contributed by atoms with Gasteiger partial charge in [-0.2, -0.15) is 0 Å². The number of carbonyl (C=O) groups is 1. The third-order valence-electron chi connectivity index (χ3n) is 4.97. The molecule has 8 heteroatoms. The first kappa shape index (κ1) is 20.5. The molecule has 2 atom stereocenters. The number of amides is 1. The molecule has 1 fully saturated rings. The molecule has 152 valence electrons. The highest BCUT2D eigenvalue weighted by Gasteiger charge is 2.25. The maximum atomic E-state index is 12.5. The molecule has 1 aliphatic rings. The van der Waals surface area contributed by atoms with Gasteiger partial charge in [0, 0.05) is 13.1 Å². The summed E-state index contributed by atoms with van der Waals surface area (Å²) >= 11 is 1.32. The summed E-state index contributed by atoms with van der Waals surface area (Å²) in [5.41, 5.74) is 2.25. The van der Waals surface area contributed by atoms with E-state index in [1.54, 1.807) is 0 Å². The van der Waals surface area contributed by atoms with Gasteiger partial charge in [-0.3, -0.25) is 4.79 Å². The maximum absolute atomic E-state index is 12.5. The highest BCUT2D eigenvalue weighted by molar-refractivity contribution is 7.99. The van der Waals surface area contributed by atoms with Crippen molar-refractivity contribution in [2.45, 2.75) is 45.9 Å². The monoisotopic (exact) mass is 403 g/mol. The average molecular weight is 404 g/mol. The predicted molar refractivity (Wildman–Crippen MR) is 111 cm³/mol. The molecule has 2 aromatic rings. The normalized spacial score (nSPS) is 19.6. The third-order valence-corrected chi connectivity index (χ3v) is 5.90. The lowest BCUT2D eigenvalue weighted by molar-refractivity contribution is -0.130. The third kappa shape index (κ3) is 4.98. The van der Waals surface area contributed by atoms with E-state index in [2.05, 4.69) is 30.1 Å². The number of likely N-dealkylation sites (tertiary alicyclic amines) is 1. The van der Waals surface area contributed by atoms with Gasteiger partial charge in [0.15, 0.2) is 5.82 Å². The lowest BCUT2D eigenvalue weighted by atomic mass is 9.92. The second-order valence-corrected chi connectivity index (χ2v) is 8.80. The Hall–Kier alpha value is -2.22. The summed E-state index contributed by atoms with van der Waals surface area (Å²) < 4.78 is 7.23. The fraction of sp³-hybridized carbons (Fsp3) is 0.550. The number of hydrogen-bond acceptors (Lipinski definition) is 6. The van der Waals surface area contributed by atoms with Crippen molar-refractivity contribution < 1.29 is 9.53 Å². The van der Waals surface area contributed by atoms with Crippen LogP contribution in [0.25, 0.3) is 0 Å². The van der Waals surface area contributed by atoms with Gasteiger partial charge in [-0.1, -0.05) is 43.3 Å². The van der Waals surface area contributed by atoms with E-state index in [0.717, 1.165) is 24.4 Å². The number of nitrogens with two attached hydrogens (primary N) is 1. The van der Waals surface area contributed by atoms with Gasteiger partial charge in [0.05, 0.1) is 5.75 Å². The van der Waals surface area contributed by atoms with E-state index in [1.165, 1.54) is 28.4 Å². The Kier molecular flexibility index (Phi) is 6.49. The van der Waals surface area contributed by atoms with E-state index in [1.807, 2.05) is 30.9 Å². The summed E-state index contributed by atoms with van der Waals surface area (Å²) in [4.78, 5) is 14.5. The minimum atomic E-state index is 0.125. The van der Waals surface area contributed by atoms with Gasteiger partial charge in [-0.25, -0.2) is 4.68 Å². The Bertz CT molecular complexity index is 828. The van der Waals surface area contributed by atoms with Crippen molar-refractivity contribution in [2.75, 3.05) is 24.7 Å². The Labute approximate surface area is 170 Å². The SMILES string of the molecule is Cc1ccc(OCc2nnc(SCC(=O)N3C[C@@H](C)C[C@H](C)C3)n2N)c(C)c1. The van der Waals surface area contributed by atoms with Gasteiger partial charge in [-0.15, -0.1) is 10.2 Å². The molecule has 1 amide bonds. The lowest BCUT2D eigenvalue weighted by Crippen LogP contribution is -2.43.